The molecule has 4 heteroatoms. The third-order valence-corrected chi connectivity index (χ3v) is 1.35. The first-order chi connectivity index (χ1) is 5.70. The van der Waals surface area contributed by atoms with E-state index in [2.05, 4.69) is 4.98 Å². The lowest BCUT2D eigenvalue weighted by Crippen LogP contribution is -1.92. The number of allylic oxidation sites excluding steroid dienone is 1. The summed E-state index contributed by atoms with van der Waals surface area (Å²) in [6, 6.07) is 3.50. The minimum Gasteiger partial charge on any atom is -0.264 e. The maximum atomic E-state index is 10.2. The Morgan fingerprint density at radius 2 is 2.50 bits per heavy atom. The first-order valence-electron chi connectivity index (χ1n) is 3.43. The van der Waals surface area contributed by atoms with Crippen molar-refractivity contribution < 1.29 is 4.92 Å². The average molecular weight is 164 g/mol. The number of rotatable bonds is 2. The zero-order chi connectivity index (χ0) is 8.97. The second-order valence-electron chi connectivity index (χ2n) is 2.33. The van der Waals surface area contributed by atoms with E-state index < -0.39 is 4.92 Å². The van der Waals surface area contributed by atoms with Crippen LogP contribution in [0.15, 0.2) is 30.2 Å². The number of nitro groups is 1. The van der Waals surface area contributed by atoms with Crippen molar-refractivity contribution in [2.75, 3.05) is 0 Å². The van der Waals surface area contributed by atoms with Crippen molar-refractivity contribution in [2.45, 2.75) is 6.92 Å². The van der Waals surface area contributed by atoms with Crippen LogP contribution in [0, 0.1) is 10.1 Å². The van der Waals surface area contributed by atoms with E-state index in [-0.39, 0.29) is 5.70 Å². The quantitative estimate of drug-likeness (QED) is 0.494. The highest BCUT2D eigenvalue weighted by Crippen LogP contribution is 2.04. The maximum Gasteiger partial charge on any atom is 0.243 e. The molecule has 0 saturated carbocycles. The number of hydrogen-bond donors (Lipinski definition) is 0. The smallest absolute Gasteiger partial charge is 0.243 e. The van der Waals surface area contributed by atoms with E-state index in [1.54, 1.807) is 24.5 Å². The van der Waals surface area contributed by atoms with Crippen LogP contribution >= 0.6 is 0 Å². The van der Waals surface area contributed by atoms with Gasteiger partial charge in [-0.25, -0.2) is 0 Å². The summed E-state index contributed by atoms with van der Waals surface area (Å²) in [5.41, 5.74) is 0.856. The lowest BCUT2D eigenvalue weighted by Gasteiger charge is -1.90. The monoisotopic (exact) mass is 164 g/mol. The fourth-order valence-electron chi connectivity index (χ4n) is 0.755. The average Bonchev–Trinajstić information content (AvgIpc) is 2.06. The molecule has 0 N–H and O–H groups in total. The van der Waals surface area contributed by atoms with Gasteiger partial charge >= 0.3 is 0 Å². The number of hydrogen-bond acceptors (Lipinski definition) is 3. The van der Waals surface area contributed by atoms with Crippen molar-refractivity contribution in [1.82, 2.24) is 4.98 Å². The van der Waals surface area contributed by atoms with E-state index in [1.165, 1.54) is 13.0 Å². The van der Waals surface area contributed by atoms with Crippen molar-refractivity contribution in [2.24, 2.45) is 0 Å². The van der Waals surface area contributed by atoms with Crippen molar-refractivity contribution >= 4 is 6.08 Å². The van der Waals surface area contributed by atoms with Crippen LogP contribution in [-0.2, 0) is 0 Å². The third kappa shape index (κ3) is 2.16. The summed E-state index contributed by atoms with van der Waals surface area (Å²) in [7, 11) is 0. The second kappa shape index (κ2) is 3.61. The fraction of sp³-hybridized carbons (Fsp3) is 0.125. The Kier molecular flexibility index (Phi) is 2.53. The van der Waals surface area contributed by atoms with Crippen molar-refractivity contribution in [3.05, 3.63) is 45.9 Å². The van der Waals surface area contributed by atoms with Crippen LogP contribution in [0.2, 0.25) is 0 Å². The summed E-state index contributed by atoms with van der Waals surface area (Å²) in [4.78, 5) is 13.6. The summed E-state index contributed by atoms with van der Waals surface area (Å²) in [5, 5.41) is 10.2. The van der Waals surface area contributed by atoms with E-state index in [4.69, 9.17) is 0 Å². The lowest BCUT2D eigenvalue weighted by molar-refractivity contribution is -0.422. The molecule has 0 radical (unpaired) electrons. The van der Waals surface area contributed by atoms with Crippen molar-refractivity contribution in [3.63, 3.8) is 0 Å². The second-order valence-corrected chi connectivity index (χ2v) is 2.33. The Morgan fingerprint density at radius 1 is 1.75 bits per heavy atom. The van der Waals surface area contributed by atoms with Gasteiger partial charge in [0.15, 0.2) is 0 Å². The Balaban J connectivity index is 2.89. The molecular weight excluding hydrogens is 156 g/mol. The molecule has 0 spiro atoms. The van der Waals surface area contributed by atoms with Gasteiger partial charge in [-0.15, -0.1) is 0 Å². The first kappa shape index (κ1) is 8.39. The molecule has 0 aliphatic heterocycles. The van der Waals surface area contributed by atoms with Crippen molar-refractivity contribution in [3.8, 4) is 0 Å². The van der Waals surface area contributed by atoms with Crippen LogP contribution in [0.25, 0.3) is 6.08 Å². The van der Waals surface area contributed by atoms with Gasteiger partial charge in [-0.05, 0) is 11.6 Å². The summed E-state index contributed by atoms with van der Waals surface area (Å²) in [5.74, 6) is 0. The number of nitrogens with zero attached hydrogens (tertiary/aromatic N) is 2. The molecular formula is C8H8N2O2. The van der Waals surface area contributed by atoms with E-state index in [0.717, 1.165) is 5.56 Å². The predicted molar refractivity (Wildman–Crippen MR) is 44.9 cm³/mol. The Labute approximate surface area is 69.7 Å². The molecule has 1 heterocycles. The molecule has 0 atom stereocenters. The van der Waals surface area contributed by atoms with Crippen LogP contribution in [0.4, 0.5) is 0 Å². The molecule has 0 aliphatic rings. The van der Waals surface area contributed by atoms with Gasteiger partial charge in [-0.1, -0.05) is 6.07 Å². The largest absolute Gasteiger partial charge is 0.264 e. The Morgan fingerprint density at radius 3 is 3.00 bits per heavy atom. The molecule has 1 aromatic rings. The summed E-state index contributed by atoms with van der Waals surface area (Å²) < 4.78 is 0. The highest BCUT2D eigenvalue weighted by atomic mass is 16.6. The zero-order valence-corrected chi connectivity index (χ0v) is 6.60. The highest BCUT2D eigenvalue weighted by Gasteiger charge is 2.00. The van der Waals surface area contributed by atoms with Gasteiger partial charge in [0, 0.05) is 25.4 Å². The van der Waals surface area contributed by atoms with Crippen LogP contribution in [0.1, 0.15) is 12.5 Å². The van der Waals surface area contributed by atoms with Gasteiger partial charge < -0.3 is 0 Å². The molecule has 0 fully saturated rings. The number of pyridine rings is 1. The van der Waals surface area contributed by atoms with Gasteiger partial charge in [-0.3, -0.25) is 15.1 Å². The molecule has 4 nitrogen and oxygen atoms in total. The summed E-state index contributed by atoms with van der Waals surface area (Å²) >= 11 is 0. The molecule has 0 unspecified atom stereocenters. The molecule has 62 valence electrons. The highest BCUT2D eigenvalue weighted by molar-refractivity contribution is 5.48. The molecule has 0 saturated heterocycles. The number of aromatic nitrogens is 1. The van der Waals surface area contributed by atoms with Crippen LogP contribution < -0.4 is 0 Å². The van der Waals surface area contributed by atoms with E-state index >= 15 is 0 Å². The predicted octanol–water partition coefficient (Wildman–Crippen LogP) is 1.72. The normalized spacial score (nSPS) is 11.2. The topological polar surface area (TPSA) is 56.0 Å². The van der Waals surface area contributed by atoms with E-state index in [9.17, 15) is 10.1 Å². The molecule has 0 bridgehead atoms. The third-order valence-electron chi connectivity index (χ3n) is 1.35. The first-order valence-corrected chi connectivity index (χ1v) is 3.43. The summed E-state index contributed by atoms with van der Waals surface area (Å²) in [6.07, 6.45) is 4.68. The molecule has 12 heavy (non-hydrogen) atoms. The van der Waals surface area contributed by atoms with Crippen molar-refractivity contribution in [1.29, 1.82) is 0 Å². The van der Waals surface area contributed by atoms with Crippen LogP contribution in [-0.4, -0.2) is 9.91 Å². The Hall–Kier alpha value is -1.71. The molecule has 0 aliphatic carbocycles. The Bertz CT molecular complexity index is 306. The van der Waals surface area contributed by atoms with E-state index in [0.29, 0.717) is 0 Å². The van der Waals surface area contributed by atoms with E-state index in [1.807, 2.05) is 0 Å². The van der Waals surface area contributed by atoms with Gasteiger partial charge in [-0.2, -0.15) is 0 Å². The minimum atomic E-state index is -0.424. The maximum absolute atomic E-state index is 10.2. The molecule has 0 amide bonds. The van der Waals surface area contributed by atoms with Crippen LogP contribution in [0.5, 0.6) is 0 Å². The fourth-order valence-corrected chi connectivity index (χ4v) is 0.755. The molecule has 1 aromatic heterocycles. The lowest BCUT2D eigenvalue weighted by atomic mass is 10.2. The van der Waals surface area contributed by atoms with Gasteiger partial charge in [0.25, 0.3) is 0 Å². The minimum absolute atomic E-state index is 0.114. The summed E-state index contributed by atoms with van der Waals surface area (Å²) in [6.45, 7) is 1.45. The van der Waals surface area contributed by atoms with Crippen LogP contribution in [0.3, 0.4) is 0 Å². The SMILES string of the molecule is C/C(=C/c1cccnc1)[N+](=O)[O-]. The molecule has 1 rings (SSSR count). The van der Waals surface area contributed by atoms with Gasteiger partial charge in [0.05, 0.1) is 4.92 Å². The zero-order valence-electron chi connectivity index (χ0n) is 6.60. The molecule has 0 aromatic carbocycles. The standard InChI is InChI=1S/C8H8N2O2/c1-7(10(11)12)5-8-3-2-4-9-6-8/h2-6H,1H3/b7-5-. The van der Waals surface area contributed by atoms with Gasteiger partial charge in [0.2, 0.25) is 5.70 Å². The van der Waals surface area contributed by atoms with Gasteiger partial charge in [0.1, 0.15) is 0 Å².